The number of nitrogens with one attached hydrogen (secondary N) is 1. The molecule has 0 spiro atoms. The Bertz CT molecular complexity index is 1250. The molecule has 3 aromatic heterocycles. The number of aromatic nitrogens is 4. The number of thiazole rings is 1. The average Bonchev–Trinajstić information content (AvgIpc) is 3.50. The van der Waals surface area contributed by atoms with E-state index in [2.05, 4.69) is 20.3 Å². The van der Waals surface area contributed by atoms with E-state index in [1.165, 1.54) is 0 Å². The normalized spacial score (nSPS) is 15.9. The summed E-state index contributed by atoms with van der Waals surface area (Å²) in [5.74, 6) is 0.347. The van der Waals surface area contributed by atoms with E-state index in [0.29, 0.717) is 29.3 Å². The molecule has 1 saturated heterocycles. The first-order chi connectivity index (χ1) is 15.6. The van der Waals surface area contributed by atoms with Crippen LogP contribution in [0, 0.1) is 6.92 Å². The summed E-state index contributed by atoms with van der Waals surface area (Å²) < 4.78 is 1.93. The number of rotatable bonds is 5. The van der Waals surface area contributed by atoms with Gasteiger partial charge in [-0.1, -0.05) is 18.2 Å². The summed E-state index contributed by atoms with van der Waals surface area (Å²) in [4.78, 5) is 42.0. The number of aryl methyl sites for hydroxylation is 1. The van der Waals surface area contributed by atoms with Gasteiger partial charge in [-0.2, -0.15) is 0 Å². The third-order valence-electron chi connectivity index (χ3n) is 5.62. The highest BCUT2D eigenvalue weighted by Crippen LogP contribution is 2.31. The molecule has 1 aliphatic rings. The molecule has 4 aromatic rings. The van der Waals surface area contributed by atoms with Crippen molar-refractivity contribution in [2.24, 2.45) is 0 Å². The maximum absolute atomic E-state index is 13.0. The Morgan fingerprint density at radius 2 is 2.06 bits per heavy atom. The SMILES string of the molecule is Cc1nc(C2CCCN2C(=O)Cc2cn3ccsc3n2)ncc1C(=O)Nc1ccccc1. The molecule has 1 N–H and O–H groups in total. The third kappa shape index (κ3) is 3.99. The van der Waals surface area contributed by atoms with Crippen LogP contribution in [0.1, 0.15) is 46.5 Å². The molecule has 2 amide bonds. The molecule has 32 heavy (non-hydrogen) atoms. The number of likely N-dealkylation sites (tertiary alicyclic amines) is 1. The van der Waals surface area contributed by atoms with E-state index in [1.54, 1.807) is 24.5 Å². The van der Waals surface area contributed by atoms with Crippen LogP contribution in [0.2, 0.25) is 0 Å². The minimum Gasteiger partial charge on any atom is -0.332 e. The van der Waals surface area contributed by atoms with Gasteiger partial charge in [-0.25, -0.2) is 15.0 Å². The van der Waals surface area contributed by atoms with Crippen LogP contribution in [0.25, 0.3) is 4.96 Å². The van der Waals surface area contributed by atoms with E-state index < -0.39 is 0 Å². The Morgan fingerprint density at radius 3 is 2.84 bits per heavy atom. The lowest BCUT2D eigenvalue weighted by atomic mass is 10.1. The van der Waals surface area contributed by atoms with Crippen LogP contribution in [-0.2, 0) is 11.2 Å². The monoisotopic (exact) mass is 446 g/mol. The second-order valence-corrected chi connectivity index (χ2v) is 8.67. The number of hydrogen-bond donors (Lipinski definition) is 1. The van der Waals surface area contributed by atoms with Crippen molar-refractivity contribution in [1.29, 1.82) is 0 Å². The lowest BCUT2D eigenvalue weighted by molar-refractivity contribution is -0.131. The summed E-state index contributed by atoms with van der Waals surface area (Å²) in [5.41, 5.74) is 2.49. The molecule has 0 radical (unpaired) electrons. The lowest BCUT2D eigenvalue weighted by Crippen LogP contribution is -2.33. The van der Waals surface area contributed by atoms with Gasteiger partial charge in [0.1, 0.15) is 0 Å². The number of carbonyl (C=O) groups excluding carboxylic acids is 2. The first-order valence-corrected chi connectivity index (χ1v) is 11.4. The van der Waals surface area contributed by atoms with Gasteiger partial charge in [0.25, 0.3) is 5.91 Å². The van der Waals surface area contributed by atoms with Gasteiger partial charge in [-0.3, -0.25) is 14.0 Å². The zero-order valence-corrected chi connectivity index (χ0v) is 18.4. The van der Waals surface area contributed by atoms with Crippen molar-refractivity contribution < 1.29 is 9.59 Å². The van der Waals surface area contributed by atoms with Gasteiger partial charge >= 0.3 is 0 Å². The predicted molar refractivity (Wildman–Crippen MR) is 122 cm³/mol. The van der Waals surface area contributed by atoms with E-state index in [-0.39, 0.29) is 24.3 Å². The van der Waals surface area contributed by atoms with Crippen molar-refractivity contribution in [2.45, 2.75) is 32.2 Å². The molecule has 9 heteroatoms. The van der Waals surface area contributed by atoms with Gasteiger partial charge in [0.15, 0.2) is 10.8 Å². The molecule has 8 nitrogen and oxygen atoms in total. The molecule has 162 valence electrons. The number of anilines is 1. The fourth-order valence-electron chi connectivity index (χ4n) is 4.04. The Morgan fingerprint density at radius 1 is 1.22 bits per heavy atom. The highest BCUT2D eigenvalue weighted by Gasteiger charge is 2.32. The minimum absolute atomic E-state index is 0.0189. The maximum atomic E-state index is 13.0. The van der Waals surface area contributed by atoms with Crippen LogP contribution in [0.4, 0.5) is 5.69 Å². The predicted octanol–water partition coefficient (Wildman–Crippen LogP) is 3.65. The second kappa shape index (κ2) is 8.51. The van der Waals surface area contributed by atoms with Crippen LogP contribution >= 0.6 is 11.3 Å². The maximum Gasteiger partial charge on any atom is 0.259 e. The molecule has 0 aliphatic carbocycles. The zero-order valence-electron chi connectivity index (χ0n) is 17.6. The molecule has 0 saturated carbocycles. The molecule has 4 heterocycles. The molecule has 1 aromatic carbocycles. The van der Waals surface area contributed by atoms with Crippen LogP contribution < -0.4 is 5.32 Å². The number of benzene rings is 1. The fourth-order valence-corrected chi connectivity index (χ4v) is 4.76. The highest BCUT2D eigenvalue weighted by molar-refractivity contribution is 7.15. The van der Waals surface area contributed by atoms with Crippen LogP contribution in [0.3, 0.4) is 0 Å². The number of amides is 2. The van der Waals surface area contributed by atoms with Gasteiger partial charge in [-0.15, -0.1) is 11.3 Å². The Balaban J connectivity index is 1.30. The summed E-state index contributed by atoms with van der Waals surface area (Å²) in [7, 11) is 0. The molecule has 1 aliphatic heterocycles. The number of nitrogens with zero attached hydrogens (tertiary/aromatic N) is 5. The number of para-hydroxylation sites is 1. The average molecular weight is 447 g/mol. The van der Waals surface area contributed by atoms with Crippen LogP contribution in [0.15, 0.2) is 54.3 Å². The third-order valence-corrected chi connectivity index (χ3v) is 6.39. The number of fused-ring (bicyclic) bond motifs is 1. The second-order valence-electron chi connectivity index (χ2n) is 7.79. The number of carbonyl (C=O) groups is 2. The Kier molecular flexibility index (Phi) is 5.40. The first-order valence-electron chi connectivity index (χ1n) is 10.5. The van der Waals surface area contributed by atoms with Crippen molar-refractivity contribution in [2.75, 3.05) is 11.9 Å². The summed E-state index contributed by atoms with van der Waals surface area (Å²) in [6.45, 7) is 2.47. The Labute approximate surface area is 189 Å². The van der Waals surface area contributed by atoms with Crippen molar-refractivity contribution >= 4 is 33.8 Å². The Hall–Kier alpha value is -3.59. The van der Waals surface area contributed by atoms with E-state index >= 15 is 0 Å². The molecule has 0 bridgehead atoms. The smallest absolute Gasteiger partial charge is 0.259 e. The van der Waals surface area contributed by atoms with E-state index in [9.17, 15) is 9.59 Å². The molecular weight excluding hydrogens is 424 g/mol. The quantitative estimate of drug-likeness (QED) is 0.505. The number of imidazole rings is 1. The minimum atomic E-state index is -0.251. The van der Waals surface area contributed by atoms with Gasteiger partial charge in [0.2, 0.25) is 5.91 Å². The summed E-state index contributed by atoms with van der Waals surface area (Å²) >= 11 is 1.54. The zero-order chi connectivity index (χ0) is 22.1. The standard InChI is InChI=1S/C23H22N6O2S/c1-15-18(22(31)26-16-6-3-2-4-7-16)13-24-21(25-15)19-8-5-9-29(19)20(30)12-17-14-28-10-11-32-23(28)27-17/h2-4,6-7,10-11,13-14,19H,5,8-9,12H2,1H3,(H,26,31). The molecule has 1 atom stereocenters. The summed E-state index contributed by atoms with van der Waals surface area (Å²) in [6, 6.07) is 9.09. The first kappa shape index (κ1) is 20.3. The van der Waals surface area contributed by atoms with Crippen molar-refractivity contribution in [3.8, 4) is 0 Å². The highest BCUT2D eigenvalue weighted by atomic mass is 32.1. The van der Waals surface area contributed by atoms with Gasteiger partial charge in [0, 0.05) is 36.2 Å². The van der Waals surface area contributed by atoms with Crippen molar-refractivity contribution in [3.05, 3.63) is 77.1 Å². The molecule has 1 fully saturated rings. The van der Waals surface area contributed by atoms with Gasteiger partial charge < -0.3 is 10.2 Å². The number of hydrogen-bond acceptors (Lipinski definition) is 6. The molecular formula is C23H22N6O2S. The van der Waals surface area contributed by atoms with Gasteiger partial charge in [0.05, 0.1) is 29.4 Å². The summed E-state index contributed by atoms with van der Waals surface area (Å²) in [6.07, 6.45) is 7.34. The van der Waals surface area contributed by atoms with E-state index in [0.717, 1.165) is 23.5 Å². The topological polar surface area (TPSA) is 92.5 Å². The van der Waals surface area contributed by atoms with Crippen LogP contribution in [0.5, 0.6) is 0 Å². The fraction of sp³-hybridized carbons (Fsp3) is 0.261. The lowest BCUT2D eigenvalue weighted by Gasteiger charge is -2.23. The van der Waals surface area contributed by atoms with Gasteiger partial charge in [-0.05, 0) is 31.9 Å². The molecule has 1 unspecified atom stereocenters. The molecule has 5 rings (SSSR count). The van der Waals surface area contributed by atoms with E-state index in [4.69, 9.17) is 0 Å². The summed E-state index contributed by atoms with van der Waals surface area (Å²) in [5, 5.41) is 4.83. The van der Waals surface area contributed by atoms with Crippen molar-refractivity contribution in [3.63, 3.8) is 0 Å². The van der Waals surface area contributed by atoms with Crippen molar-refractivity contribution in [1.82, 2.24) is 24.3 Å². The van der Waals surface area contributed by atoms with E-state index in [1.807, 2.05) is 57.4 Å². The largest absolute Gasteiger partial charge is 0.332 e. The van der Waals surface area contributed by atoms with Crippen LogP contribution in [-0.4, -0.2) is 42.6 Å².